The molecule has 0 nitrogen and oxygen atoms in total. The van der Waals surface area contributed by atoms with E-state index in [1.165, 1.54) is 38.6 Å². The summed E-state index contributed by atoms with van der Waals surface area (Å²) in [5.74, 6) is 0.555. The molecule has 0 aliphatic heterocycles. The van der Waals surface area contributed by atoms with Gasteiger partial charge in [-0.3, -0.25) is 0 Å². The zero-order valence-electron chi connectivity index (χ0n) is 11.3. The van der Waals surface area contributed by atoms with Gasteiger partial charge in [0.15, 0.2) is 0 Å². The number of hydrogen-bond acceptors (Lipinski definition) is 0. The van der Waals surface area contributed by atoms with Gasteiger partial charge in [0.2, 0.25) is 0 Å². The Kier molecular flexibility index (Phi) is 2.11. The normalized spacial score (nSPS) is 12.2. The molecule has 0 saturated carbocycles. The van der Waals surface area contributed by atoms with Crippen LogP contribution < -0.4 is 0 Å². The molecule has 0 fully saturated rings. The molecule has 0 bridgehead atoms. The highest BCUT2D eigenvalue weighted by Crippen LogP contribution is 2.49. The van der Waals surface area contributed by atoms with E-state index in [1.54, 1.807) is 0 Å². The van der Waals surface area contributed by atoms with Gasteiger partial charge >= 0.3 is 0 Å². The molecular weight excluding hydrogens is 228 g/mol. The molecule has 4 rings (SSSR count). The van der Waals surface area contributed by atoms with Crippen molar-refractivity contribution in [3.05, 3.63) is 60.2 Å². The predicted octanol–water partition coefficient (Wildman–Crippen LogP) is 5.61. The van der Waals surface area contributed by atoms with Crippen LogP contribution in [0.25, 0.3) is 33.0 Å². The van der Waals surface area contributed by atoms with Crippen LogP contribution in [0.2, 0.25) is 0 Å². The summed E-state index contributed by atoms with van der Waals surface area (Å²) in [6, 6.07) is 20.0. The van der Waals surface area contributed by atoms with Gasteiger partial charge in [-0.25, -0.2) is 0 Å². The first-order chi connectivity index (χ1) is 9.27. The fourth-order valence-corrected chi connectivity index (χ4v) is 3.35. The molecule has 3 aromatic rings. The van der Waals surface area contributed by atoms with Crippen molar-refractivity contribution >= 4 is 10.8 Å². The zero-order chi connectivity index (χ0) is 13.0. The molecule has 3 aromatic carbocycles. The van der Waals surface area contributed by atoms with Gasteiger partial charge in [-0.15, -0.1) is 0 Å². The fourth-order valence-electron chi connectivity index (χ4n) is 3.35. The summed E-state index contributed by atoms with van der Waals surface area (Å²) >= 11 is 0. The van der Waals surface area contributed by atoms with Gasteiger partial charge in [0, 0.05) is 0 Å². The van der Waals surface area contributed by atoms with E-state index in [0.717, 1.165) is 0 Å². The topological polar surface area (TPSA) is 0 Å². The predicted molar refractivity (Wildman–Crippen MR) is 82.5 cm³/mol. The SMILES string of the molecule is CC(C)c1cccc2c1-c1cccc3cccc-2c13. The maximum atomic E-state index is 2.28. The average molecular weight is 244 g/mol. The average Bonchev–Trinajstić information content (AvgIpc) is 2.76. The van der Waals surface area contributed by atoms with Crippen molar-refractivity contribution in [1.82, 2.24) is 0 Å². The molecule has 0 unspecified atom stereocenters. The summed E-state index contributed by atoms with van der Waals surface area (Å²) in [5.41, 5.74) is 7.11. The standard InChI is InChI=1S/C19H16/c1-12(2)14-8-5-10-16-15-9-3-6-13-7-4-11-17(18(13)15)19(14)16/h3-12H,1-2H3. The van der Waals surface area contributed by atoms with E-state index < -0.39 is 0 Å². The second-order valence-electron chi connectivity index (χ2n) is 5.63. The lowest BCUT2D eigenvalue weighted by Crippen LogP contribution is -1.91. The Morgan fingerprint density at radius 1 is 0.684 bits per heavy atom. The minimum Gasteiger partial charge on any atom is -0.0613 e. The van der Waals surface area contributed by atoms with Crippen molar-refractivity contribution < 1.29 is 0 Å². The lowest BCUT2D eigenvalue weighted by atomic mass is 9.91. The van der Waals surface area contributed by atoms with Gasteiger partial charge < -0.3 is 0 Å². The molecule has 0 spiro atoms. The second-order valence-corrected chi connectivity index (χ2v) is 5.63. The largest absolute Gasteiger partial charge is 0.0613 e. The second kappa shape index (κ2) is 3.71. The van der Waals surface area contributed by atoms with Crippen molar-refractivity contribution in [3.63, 3.8) is 0 Å². The molecule has 0 amide bonds. The van der Waals surface area contributed by atoms with Crippen molar-refractivity contribution in [3.8, 4) is 22.3 Å². The zero-order valence-corrected chi connectivity index (χ0v) is 11.3. The van der Waals surface area contributed by atoms with Crippen molar-refractivity contribution in [2.24, 2.45) is 0 Å². The van der Waals surface area contributed by atoms with Gasteiger partial charge in [-0.2, -0.15) is 0 Å². The molecule has 0 radical (unpaired) electrons. The number of hydrogen-bond donors (Lipinski definition) is 0. The molecule has 1 aliphatic rings. The summed E-state index contributed by atoms with van der Waals surface area (Å²) in [7, 11) is 0. The van der Waals surface area contributed by atoms with Crippen molar-refractivity contribution in [2.45, 2.75) is 19.8 Å². The Hall–Kier alpha value is -2.08. The van der Waals surface area contributed by atoms with Gasteiger partial charge in [0.1, 0.15) is 0 Å². The quantitative estimate of drug-likeness (QED) is 0.408. The maximum absolute atomic E-state index is 2.28. The summed E-state index contributed by atoms with van der Waals surface area (Å²) < 4.78 is 0. The third-order valence-corrected chi connectivity index (χ3v) is 4.18. The molecule has 19 heavy (non-hydrogen) atoms. The summed E-state index contributed by atoms with van der Waals surface area (Å²) in [6.45, 7) is 4.55. The van der Waals surface area contributed by atoms with Crippen LogP contribution in [-0.2, 0) is 0 Å². The first-order valence-electron chi connectivity index (χ1n) is 6.93. The molecule has 0 heterocycles. The highest BCUT2D eigenvalue weighted by molar-refractivity contribution is 6.15. The fraction of sp³-hybridized carbons (Fsp3) is 0.158. The molecule has 0 saturated heterocycles. The highest BCUT2D eigenvalue weighted by atomic mass is 14.3. The molecular formula is C19H16. The van der Waals surface area contributed by atoms with Crippen molar-refractivity contribution in [2.75, 3.05) is 0 Å². The van der Waals surface area contributed by atoms with Crippen LogP contribution >= 0.6 is 0 Å². The van der Waals surface area contributed by atoms with Crippen LogP contribution in [0.5, 0.6) is 0 Å². The van der Waals surface area contributed by atoms with E-state index in [-0.39, 0.29) is 0 Å². The first-order valence-corrected chi connectivity index (χ1v) is 6.93. The number of fused-ring (bicyclic) bond motifs is 3. The Balaban J connectivity index is 2.21. The Labute approximate surface area is 113 Å². The van der Waals surface area contributed by atoms with Crippen LogP contribution in [0.3, 0.4) is 0 Å². The van der Waals surface area contributed by atoms with E-state index in [2.05, 4.69) is 68.4 Å². The van der Waals surface area contributed by atoms with E-state index >= 15 is 0 Å². The van der Waals surface area contributed by atoms with E-state index in [0.29, 0.717) is 5.92 Å². The third-order valence-electron chi connectivity index (χ3n) is 4.18. The van der Waals surface area contributed by atoms with Crippen LogP contribution in [0.1, 0.15) is 25.3 Å². The molecule has 0 aromatic heterocycles. The summed E-state index contributed by atoms with van der Waals surface area (Å²) in [5, 5.41) is 2.77. The first kappa shape index (κ1) is 10.8. The van der Waals surface area contributed by atoms with Crippen LogP contribution in [-0.4, -0.2) is 0 Å². The van der Waals surface area contributed by atoms with Crippen molar-refractivity contribution in [1.29, 1.82) is 0 Å². The Morgan fingerprint density at radius 3 is 2.05 bits per heavy atom. The molecule has 0 heteroatoms. The smallest absolute Gasteiger partial charge is 0.00263 e. The maximum Gasteiger partial charge on any atom is -0.00263 e. The van der Waals surface area contributed by atoms with Gasteiger partial charge in [0.25, 0.3) is 0 Å². The lowest BCUT2D eigenvalue weighted by Gasteiger charge is -2.12. The van der Waals surface area contributed by atoms with E-state index in [4.69, 9.17) is 0 Å². The number of benzene rings is 3. The molecule has 0 N–H and O–H groups in total. The van der Waals surface area contributed by atoms with Crippen LogP contribution in [0.4, 0.5) is 0 Å². The number of rotatable bonds is 1. The Morgan fingerprint density at radius 2 is 1.32 bits per heavy atom. The third kappa shape index (κ3) is 1.34. The van der Waals surface area contributed by atoms with Gasteiger partial charge in [0.05, 0.1) is 0 Å². The molecule has 1 aliphatic carbocycles. The minimum absolute atomic E-state index is 0.555. The van der Waals surface area contributed by atoms with Gasteiger partial charge in [-0.1, -0.05) is 68.4 Å². The minimum atomic E-state index is 0.555. The lowest BCUT2D eigenvalue weighted by molar-refractivity contribution is 0.870. The van der Waals surface area contributed by atoms with Crippen LogP contribution in [0, 0.1) is 0 Å². The molecule has 0 atom stereocenters. The van der Waals surface area contributed by atoms with E-state index in [9.17, 15) is 0 Å². The highest BCUT2D eigenvalue weighted by Gasteiger charge is 2.23. The van der Waals surface area contributed by atoms with Gasteiger partial charge in [-0.05, 0) is 44.5 Å². The Bertz CT molecular complexity index is 789. The summed E-state index contributed by atoms with van der Waals surface area (Å²) in [6.07, 6.45) is 0. The van der Waals surface area contributed by atoms with Crippen LogP contribution in [0.15, 0.2) is 54.6 Å². The monoisotopic (exact) mass is 244 g/mol. The summed E-state index contributed by atoms with van der Waals surface area (Å²) in [4.78, 5) is 0. The van der Waals surface area contributed by atoms with E-state index in [1.807, 2.05) is 0 Å². The molecule has 92 valence electrons.